The molecule has 0 bridgehead atoms. The maximum absolute atomic E-state index is 3.76. The van der Waals surface area contributed by atoms with E-state index in [-0.39, 0.29) is 0 Å². The molecule has 2 aliphatic carbocycles. The predicted molar refractivity (Wildman–Crippen MR) is 61.3 cm³/mol. The molecule has 2 fully saturated rings. The maximum Gasteiger partial charge on any atom is 0.00419 e. The van der Waals surface area contributed by atoms with Crippen LogP contribution in [-0.4, -0.2) is 12.6 Å². The highest BCUT2D eigenvalue weighted by molar-refractivity contribution is 5.05. The summed E-state index contributed by atoms with van der Waals surface area (Å²) >= 11 is 0. The Morgan fingerprint density at radius 2 is 2.21 bits per heavy atom. The van der Waals surface area contributed by atoms with Gasteiger partial charge in [0.2, 0.25) is 0 Å². The minimum absolute atomic E-state index is 0.671. The summed E-state index contributed by atoms with van der Waals surface area (Å²) in [6.07, 6.45) is 10.4. The van der Waals surface area contributed by atoms with Crippen LogP contribution in [0.25, 0.3) is 0 Å². The van der Waals surface area contributed by atoms with E-state index in [0.29, 0.717) is 6.04 Å². The molecule has 80 valence electrons. The molecule has 0 aromatic heterocycles. The van der Waals surface area contributed by atoms with Crippen molar-refractivity contribution in [2.24, 2.45) is 11.3 Å². The average Bonchev–Trinajstić information content (AvgIpc) is 3.03. The van der Waals surface area contributed by atoms with Gasteiger partial charge in [0.05, 0.1) is 0 Å². The van der Waals surface area contributed by atoms with Gasteiger partial charge >= 0.3 is 0 Å². The summed E-state index contributed by atoms with van der Waals surface area (Å²) in [6.45, 7) is 7.34. The highest BCUT2D eigenvalue weighted by Gasteiger charge is 2.53. The molecule has 2 saturated carbocycles. The molecule has 2 rings (SSSR count). The van der Waals surface area contributed by atoms with Gasteiger partial charge in [-0.1, -0.05) is 6.08 Å². The fourth-order valence-corrected chi connectivity index (χ4v) is 2.43. The zero-order valence-corrected chi connectivity index (χ0v) is 9.39. The van der Waals surface area contributed by atoms with Crippen molar-refractivity contribution >= 4 is 0 Å². The normalized spacial score (nSPS) is 25.8. The fourth-order valence-electron chi connectivity index (χ4n) is 2.43. The van der Waals surface area contributed by atoms with Gasteiger partial charge in [-0.3, -0.25) is 0 Å². The third-order valence-electron chi connectivity index (χ3n) is 3.94. The van der Waals surface area contributed by atoms with Gasteiger partial charge in [-0.05, 0) is 56.8 Å². The van der Waals surface area contributed by atoms with E-state index < -0.39 is 0 Å². The lowest BCUT2D eigenvalue weighted by atomic mass is 10.00. The van der Waals surface area contributed by atoms with Crippen molar-refractivity contribution < 1.29 is 0 Å². The van der Waals surface area contributed by atoms with Crippen LogP contribution in [0.2, 0.25) is 0 Å². The summed E-state index contributed by atoms with van der Waals surface area (Å²) in [7, 11) is 0. The van der Waals surface area contributed by atoms with E-state index in [0.717, 1.165) is 17.8 Å². The van der Waals surface area contributed by atoms with E-state index in [1.165, 1.54) is 38.6 Å². The van der Waals surface area contributed by atoms with Crippen molar-refractivity contribution in [2.45, 2.75) is 51.5 Å². The molecule has 0 aromatic carbocycles. The molecule has 0 aliphatic heterocycles. The van der Waals surface area contributed by atoms with Gasteiger partial charge in [-0.15, -0.1) is 6.58 Å². The van der Waals surface area contributed by atoms with Crippen molar-refractivity contribution in [3.8, 4) is 0 Å². The second-order valence-corrected chi connectivity index (χ2v) is 5.28. The Morgan fingerprint density at radius 1 is 1.50 bits per heavy atom. The van der Waals surface area contributed by atoms with Crippen LogP contribution in [0.1, 0.15) is 45.4 Å². The molecule has 1 N–H and O–H groups in total. The first-order valence-electron chi connectivity index (χ1n) is 6.11. The maximum atomic E-state index is 3.76. The molecule has 0 spiro atoms. The first-order chi connectivity index (χ1) is 6.77. The monoisotopic (exact) mass is 193 g/mol. The van der Waals surface area contributed by atoms with Crippen LogP contribution in [0.15, 0.2) is 12.7 Å². The third-order valence-corrected chi connectivity index (χ3v) is 3.94. The highest BCUT2D eigenvalue weighted by Crippen LogP contribution is 2.60. The molecule has 0 amide bonds. The minimum Gasteiger partial charge on any atom is -0.314 e. The lowest BCUT2D eigenvalue weighted by Gasteiger charge is -2.19. The SMILES string of the molecule is C=CCCC(C)NCC1(C2CC2)CC1. The molecule has 14 heavy (non-hydrogen) atoms. The predicted octanol–water partition coefficient (Wildman–Crippen LogP) is 3.12. The van der Waals surface area contributed by atoms with Gasteiger partial charge in [-0.2, -0.15) is 0 Å². The second-order valence-electron chi connectivity index (χ2n) is 5.28. The summed E-state index contributed by atoms with van der Waals surface area (Å²) < 4.78 is 0. The smallest absolute Gasteiger partial charge is 0.00419 e. The van der Waals surface area contributed by atoms with E-state index in [4.69, 9.17) is 0 Å². The van der Waals surface area contributed by atoms with Crippen LogP contribution in [0.5, 0.6) is 0 Å². The molecule has 1 heteroatoms. The van der Waals surface area contributed by atoms with Crippen molar-refractivity contribution in [1.29, 1.82) is 0 Å². The quantitative estimate of drug-likeness (QED) is 0.613. The Morgan fingerprint density at radius 3 is 2.71 bits per heavy atom. The van der Waals surface area contributed by atoms with Crippen LogP contribution >= 0.6 is 0 Å². The Kier molecular flexibility index (Phi) is 2.96. The van der Waals surface area contributed by atoms with Crippen molar-refractivity contribution in [3.63, 3.8) is 0 Å². The lowest BCUT2D eigenvalue weighted by Crippen LogP contribution is -2.32. The Hall–Kier alpha value is -0.300. The number of rotatable bonds is 7. The molecule has 1 nitrogen and oxygen atoms in total. The average molecular weight is 193 g/mol. The topological polar surface area (TPSA) is 12.0 Å². The molecule has 0 saturated heterocycles. The van der Waals surface area contributed by atoms with Gasteiger partial charge in [0.25, 0.3) is 0 Å². The van der Waals surface area contributed by atoms with Crippen LogP contribution < -0.4 is 5.32 Å². The van der Waals surface area contributed by atoms with Gasteiger partial charge in [0.1, 0.15) is 0 Å². The molecular formula is C13H23N. The van der Waals surface area contributed by atoms with Gasteiger partial charge < -0.3 is 5.32 Å². The second kappa shape index (κ2) is 4.06. The van der Waals surface area contributed by atoms with Crippen LogP contribution in [0.4, 0.5) is 0 Å². The summed E-state index contributed by atoms with van der Waals surface area (Å²) in [5.74, 6) is 1.08. The van der Waals surface area contributed by atoms with E-state index >= 15 is 0 Å². The molecule has 1 unspecified atom stereocenters. The summed E-state index contributed by atoms with van der Waals surface area (Å²) in [6, 6.07) is 0.671. The van der Waals surface area contributed by atoms with Crippen LogP contribution in [0.3, 0.4) is 0 Å². The first-order valence-corrected chi connectivity index (χ1v) is 6.11. The van der Waals surface area contributed by atoms with E-state index in [9.17, 15) is 0 Å². The molecule has 0 aromatic rings. The summed E-state index contributed by atoms with van der Waals surface area (Å²) in [5.41, 5.74) is 0.752. The number of hydrogen-bond donors (Lipinski definition) is 1. The zero-order valence-electron chi connectivity index (χ0n) is 9.39. The Labute approximate surface area is 88.0 Å². The molecule has 2 aliphatic rings. The van der Waals surface area contributed by atoms with E-state index in [1.54, 1.807) is 0 Å². The third kappa shape index (κ3) is 2.38. The van der Waals surface area contributed by atoms with Crippen LogP contribution in [0, 0.1) is 11.3 Å². The van der Waals surface area contributed by atoms with E-state index in [1.807, 2.05) is 6.08 Å². The number of nitrogens with one attached hydrogen (secondary N) is 1. The highest BCUT2D eigenvalue weighted by atomic mass is 14.9. The summed E-state index contributed by atoms with van der Waals surface area (Å²) in [5, 5.41) is 3.69. The Bertz CT molecular complexity index is 201. The first kappa shape index (κ1) is 10.2. The van der Waals surface area contributed by atoms with Gasteiger partial charge in [-0.25, -0.2) is 0 Å². The van der Waals surface area contributed by atoms with Gasteiger partial charge in [0, 0.05) is 12.6 Å². The summed E-state index contributed by atoms with van der Waals surface area (Å²) in [4.78, 5) is 0. The zero-order chi connectivity index (χ0) is 10.0. The fraction of sp³-hybridized carbons (Fsp3) is 0.846. The number of allylic oxidation sites excluding steroid dienone is 1. The van der Waals surface area contributed by atoms with Crippen molar-refractivity contribution in [3.05, 3.63) is 12.7 Å². The minimum atomic E-state index is 0.671. The molecule has 0 radical (unpaired) electrons. The Balaban J connectivity index is 1.63. The standard InChI is InChI=1S/C13H23N/c1-3-4-5-11(2)14-10-13(8-9-13)12-6-7-12/h3,11-12,14H,1,4-10H2,2H3. The van der Waals surface area contributed by atoms with Crippen molar-refractivity contribution in [1.82, 2.24) is 5.32 Å². The molecular weight excluding hydrogens is 170 g/mol. The van der Waals surface area contributed by atoms with Gasteiger partial charge in [0.15, 0.2) is 0 Å². The largest absolute Gasteiger partial charge is 0.314 e. The van der Waals surface area contributed by atoms with E-state index in [2.05, 4.69) is 18.8 Å². The molecule has 0 heterocycles. The van der Waals surface area contributed by atoms with Crippen molar-refractivity contribution in [2.75, 3.05) is 6.54 Å². The van der Waals surface area contributed by atoms with Crippen LogP contribution in [-0.2, 0) is 0 Å². The number of hydrogen-bond acceptors (Lipinski definition) is 1. The molecule has 1 atom stereocenters. The lowest BCUT2D eigenvalue weighted by molar-refractivity contribution is 0.372.